The molecule has 0 saturated heterocycles. The summed E-state index contributed by atoms with van der Waals surface area (Å²) in [6.07, 6.45) is 1.77. The Morgan fingerprint density at radius 2 is 2.13 bits per heavy atom. The van der Waals surface area contributed by atoms with Crippen LogP contribution in [0.4, 0.5) is 0 Å². The lowest BCUT2D eigenvalue weighted by atomic mass is 10.4. The molecule has 0 aromatic carbocycles. The van der Waals surface area contributed by atoms with E-state index >= 15 is 0 Å². The summed E-state index contributed by atoms with van der Waals surface area (Å²) < 4.78 is 4.98. The first-order valence-corrected chi connectivity index (χ1v) is 4.94. The van der Waals surface area contributed by atoms with Gasteiger partial charge < -0.3 is 20.5 Å². The molecule has 0 unspecified atom stereocenters. The minimum Gasteiger partial charge on any atom is -0.480 e. The SMILES string of the molecule is NCCOCC(=O)N(CC(=O)O)C1CC1. The molecular formula is C9H16N2O4. The Bertz CT molecular complexity index is 240. The van der Waals surface area contributed by atoms with E-state index in [2.05, 4.69) is 0 Å². The first kappa shape index (κ1) is 11.9. The van der Waals surface area contributed by atoms with Crippen LogP contribution in [-0.2, 0) is 14.3 Å². The topological polar surface area (TPSA) is 92.9 Å². The molecule has 0 radical (unpaired) electrons. The van der Waals surface area contributed by atoms with Gasteiger partial charge in [-0.25, -0.2) is 0 Å². The molecule has 1 rings (SSSR count). The van der Waals surface area contributed by atoms with Crippen LogP contribution in [0.1, 0.15) is 12.8 Å². The maximum Gasteiger partial charge on any atom is 0.323 e. The zero-order valence-electron chi connectivity index (χ0n) is 8.52. The number of carbonyl (C=O) groups excluding carboxylic acids is 1. The summed E-state index contributed by atoms with van der Waals surface area (Å²) >= 11 is 0. The first-order valence-electron chi connectivity index (χ1n) is 4.94. The Morgan fingerprint density at radius 3 is 2.60 bits per heavy atom. The number of hydrogen-bond acceptors (Lipinski definition) is 4. The number of hydrogen-bond donors (Lipinski definition) is 2. The van der Waals surface area contributed by atoms with Gasteiger partial charge in [-0.2, -0.15) is 0 Å². The van der Waals surface area contributed by atoms with Crippen molar-refractivity contribution in [1.82, 2.24) is 4.90 Å². The number of ether oxygens (including phenoxy) is 1. The van der Waals surface area contributed by atoms with Crippen molar-refractivity contribution in [2.75, 3.05) is 26.3 Å². The Morgan fingerprint density at radius 1 is 1.47 bits per heavy atom. The zero-order valence-corrected chi connectivity index (χ0v) is 8.52. The minimum atomic E-state index is -0.992. The number of amides is 1. The van der Waals surface area contributed by atoms with Gasteiger partial charge in [-0.15, -0.1) is 0 Å². The van der Waals surface area contributed by atoms with Gasteiger partial charge in [0.25, 0.3) is 0 Å². The van der Waals surface area contributed by atoms with E-state index < -0.39 is 5.97 Å². The molecule has 0 heterocycles. The van der Waals surface area contributed by atoms with Crippen molar-refractivity contribution in [1.29, 1.82) is 0 Å². The predicted octanol–water partition coefficient (Wildman–Crippen LogP) is -0.963. The van der Waals surface area contributed by atoms with Crippen molar-refractivity contribution in [3.05, 3.63) is 0 Å². The molecule has 1 saturated carbocycles. The number of carboxylic acid groups (broad SMARTS) is 1. The third-order valence-electron chi connectivity index (χ3n) is 2.10. The smallest absolute Gasteiger partial charge is 0.323 e. The van der Waals surface area contributed by atoms with E-state index in [1.54, 1.807) is 0 Å². The van der Waals surface area contributed by atoms with Crippen LogP contribution in [-0.4, -0.2) is 54.2 Å². The molecule has 0 spiro atoms. The molecule has 6 heteroatoms. The Hall–Kier alpha value is -1.14. The highest BCUT2D eigenvalue weighted by molar-refractivity contribution is 5.82. The molecule has 1 aliphatic rings. The monoisotopic (exact) mass is 216 g/mol. The molecule has 1 aliphatic carbocycles. The van der Waals surface area contributed by atoms with Crippen molar-refractivity contribution in [3.8, 4) is 0 Å². The van der Waals surface area contributed by atoms with Crippen LogP contribution in [0.3, 0.4) is 0 Å². The van der Waals surface area contributed by atoms with E-state index in [1.165, 1.54) is 4.90 Å². The predicted molar refractivity (Wildman–Crippen MR) is 52.2 cm³/mol. The largest absolute Gasteiger partial charge is 0.480 e. The molecular weight excluding hydrogens is 200 g/mol. The highest BCUT2D eigenvalue weighted by Gasteiger charge is 2.33. The summed E-state index contributed by atoms with van der Waals surface area (Å²) in [4.78, 5) is 23.4. The van der Waals surface area contributed by atoms with Gasteiger partial charge >= 0.3 is 5.97 Å². The fraction of sp³-hybridized carbons (Fsp3) is 0.778. The van der Waals surface area contributed by atoms with E-state index in [9.17, 15) is 9.59 Å². The van der Waals surface area contributed by atoms with Crippen LogP contribution in [0.2, 0.25) is 0 Å². The molecule has 6 nitrogen and oxygen atoms in total. The lowest BCUT2D eigenvalue weighted by molar-refractivity contribution is -0.147. The van der Waals surface area contributed by atoms with Crippen LogP contribution in [0.5, 0.6) is 0 Å². The maximum atomic E-state index is 11.5. The number of carboxylic acids is 1. The van der Waals surface area contributed by atoms with Gasteiger partial charge in [0.15, 0.2) is 0 Å². The average Bonchev–Trinajstić information content (AvgIpc) is 2.97. The third-order valence-corrected chi connectivity index (χ3v) is 2.10. The summed E-state index contributed by atoms with van der Waals surface area (Å²) in [6.45, 7) is 0.351. The standard InChI is InChI=1S/C9H16N2O4/c10-3-4-15-6-8(12)11(5-9(13)14)7-1-2-7/h7H,1-6,10H2,(H,13,14). The van der Waals surface area contributed by atoms with E-state index in [0.717, 1.165) is 12.8 Å². The number of aliphatic carboxylic acids is 1. The van der Waals surface area contributed by atoms with E-state index in [4.69, 9.17) is 15.6 Å². The second-order valence-corrected chi connectivity index (χ2v) is 3.49. The molecule has 0 aliphatic heterocycles. The normalized spacial score (nSPS) is 15.0. The zero-order chi connectivity index (χ0) is 11.3. The second-order valence-electron chi connectivity index (χ2n) is 3.49. The molecule has 0 bridgehead atoms. The fourth-order valence-corrected chi connectivity index (χ4v) is 1.28. The van der Waals surface area contributed by atoms with Crippen molar-refractivity contribution >= 4 is 11.9 Å². The lowest BCUT2D eigenvalue weighted by Gasteiger charge is -2.19. The Kier molecular flexibility index (Phi) is 4.51. The van der Waals surface area contributed by atoms with Crippen LogP contribution in [0.25, 0.3) is 0 Å². The summed E-state index contributed by atoms with van der Waals surface area (Å²) in [5.74, 6) is -1.26. The maximum absolute atomic E-state index is 11.5. The molecule has 0 aromatic heterocycles. The van der Waals surface area contributed by atoms with E-state index in [1.807, 2.05) is 0 Å². The highest BCUT2D eigenvalue weighted by atomic mass is 16.5. The number of carbonyl (C=O) groups is 2. The van der Waals surface area contributed by atoms with Crippen molar-refractivity contribution < 1.29 is 19.4 Å². The average molecular weight is 216 g/mol. The van der Waals surface area contributed by atoms with Crippen LogP contribution in [0.15, 0.2) is 0 Å². The fourth-order valence-electron chi connectivity index (χ4n) is 1.28. The Labute approximate surface area is 88.0 Å². The summed E-state index contributed by atoms with van der Waals surface area (Å²) in [5, 5.41) is 8.63. The minimum absolute atomic E-state index is 0.0824. The van der Waals surface area contributed by atoms with Crippen LogP contribution < -0.4 is 5.73 Å². The summed E-state index contributed by atoms with van der Waals surface area (Å²) in [7, 11) is 0. The summed E-state index contributed by atoms with van der Waals surface area (Å²) in [6, 6.07) is 0.0927. The van der Waals surface area contributed by atoms with Gasteiger partial charge in [-0.3, -0.25) is 9.59 Å². The summed E-state index contributed by atoms with van der Waals surface area (Å²) in [5.41, 5.74) is 5.20. The second kappa shape index (κ2) is 5.67. The van der Waals surface area contributed by atoms with Gasteiger partial charge in [0.05, 0.1) is 6.61 Å². The molecule has 0 atom stereocenters. The van der Waals surface area contributed by atoms with Gasteiger partial charge in [0, 0.05) is 12.6 Å². The molecule has 0 aromatic rings. The molecule has 15 heavy (non-hydrogen) atoms. The highest BCUT2D eigenvalue weighted by Crippen LogP contribution is 2.26. The molecule has 1 amide bonds. The van der Waals surface area contributed by atoms with Gasteiger partial charge in [0.2, 0.25) is 5.91 Å². The van der Waals surface area contributed by atoms with Crippen molar-refractivity contribution in [2.45, 2.75) is 18.9 Å². The number of rotatable bonds is 7. The molecule has 3 N–H and O–H groups in total. The van der Waals surface area contributed by atoms with Crippen molar-refractivity contribution in [2.24, 2.45) is 5.73 Å². The number of nitrogens with zero attached hydrogens (tertiary/aromatic N) is 1. The Balaban J connectivity index is 2.34. The lowest BCUT2D eigenvalue weighted by Crippen LogP contribution is -2.39. The van der Waals surface area contributed by atoms with Crippen LogP contribution in [0, 0.1) is 0 Å². The van der Waals surface area contributed by atoms with Gasteiger partial charge in [0.1, 0.15) is 13.2 Å². The molecule has 1 fully saturated rings. The van der Waals surface area contributed by atoms with E-state index in [-0.39, 0.29) is 25.1 Å². The van der Waals surface area contributed by atoms with Crippen molar-refractivity contribution in [3.63, 3.8) is 0 Å². The van der Waals surface area contributed by atoms with Crippen LogP contribution >= 0.6 is 0 Å². The van der Waals surface area contributed by atoms with Gasteiger partial charge in [-0.1, -0.05) is 0 Å². The quantitative estimate of drug-likeness (QED) is 0.534. The molecule has 86 valence electrons. The van der Waals surface area contributed by atoms with Gasteiger partial charge in [-0.05, 0) is 12.8 Å². The first-order chi connectivity index (χ1) is 7.15. The number of nitrogens with two attached hydrogens (primary N) is 1. The third kappa shape index (κ3) is 4.26. The van der Waals surface area contributed by atoms with E-state index in [0.29, 0.717) is 13.2 Å².